The van der Waals surface area contributed by atoms with Gasteiger partial charge in [-0.25, -0.2) is 17.2 Å². The van der Waals surface area contributed by atoms with Crippen LogP contribution in [0, 0.1) is 11.6 Å². The summed E-state index contributed by atoms with van der Waals surface area (Å²) in [4.78, 5) is 12.5. The predicted octanol–water partition coefficient (Wildman–Crippen LogP) is 4.20. The molecule has 3 aromatic rings. The van der Waals surface area contributed by atoms with E-state index in [1.807, 2.05) is 0 Å². The summed E-state index contributed by atoms with van der Waals surface area (Å²) in [6.07, 6.45) is 0. The number of sulfonamides is 1. The highest BCUT2D eigenvalue weighted by Crippen LogP contribution is 2.25. The highest BCUT2D eigenvalue weighted by molar-refractivity contribution is 7.92. The van der Waals surface area contributed by atoms with Crippen molar-refractivity contribution in [3.63, 3.8) is 0 Å². The number of carbonyl (C=O) groups is 1. The SMILES string of the molecule is CCOc1ccc(S(=O)(=O)N(CC(=O)Nc2cccc(F)c2)c2ccc(F)cc2)cc1. The molecule has 0 aliphatic carbocycles. The van der Waals surface area contributed by atoms with Gasteiger partial charge in [-0.2, -0.15) is 0 Å². The number of amides is 1. The lowest BCUT2D eigenvalue weighted by molar-refractivity contribution is -0.114. The summed E-state index contributed by atoms with van der Waals surface area (Å²) in [6, 6.07) is 15.7. The van der Waals surface area contributed by atoms with E-state index in [4.69, 9.17) is 4.74 Å². The molecule has 31 heavy (non-hydrogen) atoms. The molecule has 1 amide bonds. The van der Waals surface area contributed by atoms with Crippen LogP contribution in [0.1, 0.15) is 6.92 Å². The summed E-state index contributed by atoms with van der Waals surface area (Å²) in [5.41, 5.74) is 0.284. The number of carbonyl (C=O) groups excluding carboxylic acids is 1. The molecule has 0 atom stereocenters. The minimum absolute atomic E-state index is 0.0705. The zero-order valence-corrected chi connectivity index (χ0v) is 17.4. The summed E-state index contributed by atoms with van der Waals surface area (Å²) >= 11 is 0. The second-order valence-electron chi connectivity index (χ2n) is 6.45. The van der Waals surface area contributed by atoms with Gasteiger partial charge in [-0.15, -0.1) is 0 Å². The van der Waals surface area contributed by atoms with Gasteiger partial charge in [-0.1, -0.05) is 6.07 Å². The number of hydrogen-bond donors (Lipinski definition) is 1. The Hall–Kier alpha value is -3.46. The van der Waals surface area contributed by atoms with E-state index >= 15 is 0 Å². The molecular weight excluding hydrogens is 426 g/mol. The van der Waals surface area contributed by atoms with Crippen molar-refractivity contribution >= 4 is 27.3 Å². The number of nitrogens with one attached hydrogen (secondary N) is 1. The topological polar surface area (TPSA) is 75.7 Å². The van der Waals surface area contributed by atoms with Crippen molar-refractivity contribution in [2.45, 2.75) is 11.8 Å². The third kappa shape index (κ3) is 5.58. The highest BCUT2D eigenvalue weighted by Gasteiger charge is 2.27. The minimum Gasteiger partial charge on any atom is -0.494 e. The summed E-state index contributed by atoms with van der Waals surface area (Å²) in [5, 5.41) is 2.46. The van der Waals surface area contributed by atoms with Gasteiger partial charge in [0.25, 0.3) is 10.0 Å². The first-order valence-electron chi connectivity index (χ1n) is 9.36. The molecule has 0 fully saturated rings. The van der Waals surface area contributed by atoms with Crippen LogP contribution in [0.4, 0.5) is 20.2 Å². The first kappa shape index (κ1) is 22.2. The minimum atomic E-state index is -4.17. The van der Waals surface area contributed by atoms with Gasteiger partial charge < -0.3 is 10.1 Å². The molecule has 0 spiro atoms. The van der Waals surface area contributed by atoms with E-state index in [0.29, 0.717) is 12.4 Å². The van der Waals surface area contributed by atoms with Crippen LogP contribution >= 0.6 is 0 Å². The third-order valence-electron chi connectivity index (χ3n) is 4.23. The number of ether oxygens (including phenoxy) is 1. The van der Waals surface area contributed by atoms with Crippen LogP contribution in [0.2, 0.25) is 0 Å². The monoisotopic (exact) mass is 446 g/mol. The number of nitrogens with zero attached hydrogens (tertiary/aromatic N) is 1. The van der Waals surface area contributed by atoms with Gasteiger partial charge in [-0.3, -0.25) is 9.10 Å². The zero-order chi connectivity index (χ0) is 22.4. The molecule has 0 aliphatic rings. The lowest BCUT2D eigenvalue weighted by Crippen LogP contribution is -2.38. The average Bonchev–Trinajstić information content (AvgIpc) is 2.73. The molecular formula is C22H20F2N2O4S. The Kier molecular flexibility index (Phi) is 6.86. The predicted molar refractivity (Wildman–Crippen MR) is 114 cm³/mol. The van der Waals surface area contributed by atoms with Gasteiger partial charge in [0.15, 0.2) is 0 Å². The van der Waals surface area contributed by atoms with Crippen LogP contribution < -0.4 is 14.4 Å². The Morgan fingerprint density at radius 2 is 1.65 bits per heavy atom. The van der Waals surface area contributed by atoms with Crippen LogP contribution in [-0.4, -0.2) is 27.5 Å². The maximum atomic E-state index is 13.4. The maximum absolute atomic E-state index is 13.4. The first-order valence-corrected chi connectivity index (χ1v) is 10.8. The van der Waals surface area contributed by atoms with Gasteiger partial charge in [0, 0.05) is 5.69 Å². The van der Waals surface area contributed by atoms with Crippen molar-refractivity contribution in [1.29, 1.82) is 0 Å². The fraction of sp³-hybridized carbons (Fsp3) is 0.136. The van der Waals surface area contributed by atoms with Gasteiger partial charge in [0.05, 0.1) is 17.2 Å². The van der Waals surface area contributed by atoms with E-state index in [0.717, 1.165) is 22.5 Å². The molecule has 3 rings (SSSR count). The van der Waals surface area contributed by atoms with Crippen molar-refractivity contribution in [2.24, 2.45) is 0 Å². The van der Waals surface area contributed by atoms with Crippen LogP contribution in [-0.2, 0) is 14.8 Å². The number of hydrogen-bond acceptors (Lipinski definition) is 4. The first-order chi connectivity index (χ1) is 14.8. The quantitative estimate of drug-likeness (QED) is 0.563. The molecule has 6 nitrogen and oxygen atoms in total. The number of anilines is 2. The fourth-order valence-corrected chi connectivity index (χ4v) is 4.24. The van der Waals surface area contributed by atoms with Crippen molar-refractivity contribution in [3.05, 3.63) is 84.4 Å². The summed E-state index contributed by atoms with van der Waals surface area (Å²) in [6.45, 7) is 1.63. The molecule has 0 heterocycles. The van der Waals surface area contributed by atoms with Gasteiger partial charge in [0.2, 0.25) is 5.91 Å². The summed E-state index contributed by atoms with van der Waals surface area (Å²) in [7, 11) is -4.17. The zero-order valence-electron chi connectivity index (χ0n) is 16.6. The van der Waals surface area contributed by atoms with E-state index in [9.17, 15) is 22.0 Å². The molecule has 0 aliphatic heterocycles. The molecule has 0 bridgehead atoms. The molecule has 162 valence electrons. The molecule has 3 aromatic carbocycles. The van der Waals surface area contributed by atoms with Crippen molar-refractivity contribution in [3.8, 4) is 5.75 Å². The molecule has 0 saturated carbocycles. The fourth-order valence-electron chi connectivity index (χ4n) is 2.82. The lowest BCUT2D eigenvalue weighted by Gasteiger charge is -2.24. The number of halogens is 2. The Balaban J connectivity index is 1.92. The second kappa shape index (κ2) is 9.57. The van der Waals surface area contributed by atoms with Crippen molar-refractivity contribution in [2.75, 3.05) is 22.8 Å². The molecule has 0 aromatic heterocycles. The van der Waals surface area contributed by atoms with Crippen LogP contribution in [0.3, 0.4) is 0 Å². The average molecular weight is 446 g/mol. The number of rotatable bonds is 8. The standard InChI is InChI=1S/C22H20F2N2O4S/c1-2-30-20-10-12-21(13-11-20)31(28,29)26(19-8-6-16(23)7-9-19)15-22(27)25-18-5-3-4-17(24)14-18/h3-14H,2,15H2,1H3,(H,25,27). The third-order valence-corrected chi connectivity index (χ3v) is 6.02. The van der Waals surface area contributed by atoms with Gasteiger partial charge in [0.1, 0.15) is 23.9 Å². The molecule has 0 saturated heterocycles. The van der Waals surface area contributed by atoms with Crippen LogP contribution in [0.15, 0.2) is 77.7 Å². The molecule has 0 unspecified atom stereocenters. The molecule has 0 radical (unpaired) electrons. The van der Waals surface area contributed by atoms with E-state index in [1.165, 1.54) is 54.6 Å². The largest absolute Gasteiger partial charge is 0.494 e. The Morgan fingerprint density at radius 1 is 0.968 bits per heavy atom. The van der Waals surface area contributed by atoms with Crippen molar-refractivity contribution in [1.82, 2.24) is 0 Å². The number of benzene rings is 3. The lowest BCUT2D eigenvalue weighted by atomic mass is 10.3. The van der Waals surface area contributed by atoms with Crippen molar-refractivity contribution < 1.29 is 26.7 Å². The van der Waals surface area contributed by atoms with E-state index in [1.54, 1.807) is 6.92 Å². The summed E-state index contributed by atoms with van der Waals surface area (Å²) in [5.74, 6) is -1.29. The summed E-state index contributed by atoms with van der Waals surface area (Å²) < 4.78 is 59.5. The normalized spacial score (nSPS) is 11.1. The van der Waals surface area contributed by atoms with Gasteiger partial charge in [-0.05, 0) is 73.7 Å². The highest BCUT2D eigenvalue weighted by atomic mass is 32.2. The van der Waals surface area contributed by atoms with E-state index in [-0.39, 0.29) is 16.3 Å². The Morgan fingerprint density at radius 3 is 2.26 bits per heavy atom. The van der Waals surface area contributed by atoms with E-state index in [2.05, 4.69) is 5.32 Å². The van der Waals surface area contributed by atoms with E-state index < -0.39 is 34.1 Å². The molecule has 1 N–H and O–H groups in total. The second-order valence-corrected chi connectivity index (χ2v) is 8.31. The Labute approximate surface area is 179 Å². The smallest absolute Gasteiger partial charge is 0.264 e. The Bertz CT molecular complexity index is 1150. The van der Waals surface area contributed by atoms with Crippen LogP contribution in [0.5, 0.6) is 5.75 Å². The van der Waals surface area contributed by atoms with Crippen LogP contribution in [0.25, 0.3) is 0 Å². The van der Waals surface area contributed by atoms with Gasteiger partial charge >= 0.3 is 0 Å². The molecule has 9 heteroatoms. The maximum Gasteiger partial charge on any atom is 0.264 e.